The van der Waals surface area contributed by atoms with Crippen molar-refractivity contribution in [1.82, 2.24) is 5.32 Å². The Bertz CT molecular complexity index is 463. The third kappa shape index (κ3) is 1.56. The lowest BCUT2D eigenvalue weighted by atomic mass is 10.2. The van der Waals surface area contributed by atoms with Crippen LogP contribution in [0, 0.1) is 15.9 Å². The zero-order valence-corrected chi connectivity index (χ0v) is 8.14. The summed E-state index contributed by atoms with van der Waals surface area (Å²) in [6.07, 6.45) is 0. The second-order valence-corrected chi connectivity index (χ2v) is 3.25. The fourth-order valence-electron chi connectivity index (χ4n) is 1.56. The minimum atomic E-state index is -0.982. The van der Waals surface area contributed by atoms with Gasteiger partial charge in [0.1, 0.15) is 0 Å². The summed E-state index contributed by atoms with van der Waals surface area (Å²) in [5, 5.41) is 13.0. The number of hydrogen-bond donors (Lipinski definition) is 1. The molecule has 0 spiro atoms. The third-order valence-corrected chi connectivity index (χ3v) is 2.30. The zero-order valence-electron chi connectivity index (χ0n) is 8.14. The normalized spacial score (nSPS) is 15.1. The van der Waals surface area contributed by atoms with Crippen LogP contribution in [0.5, 0.6) is 0 Å². The molecule has 0 saturated carbocycles. The van der Waals surface area contributed by atoms with E-state index in [1.54, 1.807) is 0 Å². The van der Waals surface area contributed by atoms with E-state index in [4.69, 9.17) is 0 Å². The van der Waals surface area contributed by atoms with Gasteiger partial charge in [-0.2, -0.15) is 4.39 Å². The number of carbonyl (C=O) groups is 1. The predicted octanol–water partition coefficient (Wildman–Crippen LogP) is 1.26. The molecule has 2 rings (SSSR count). The first-order valence-electron chi connectivity index (χ1n) is 4.59. The second kappa shape index (κ2) is 3.76. The number of nitrogens with zero attached hydrogens (tertiary/aromatic N) is 2. The Balaban J connectivity index is 2.45. The molecule has 1 saturated heterocycles. The lowest BCUT2D eigenvalue weighted by molar-refractivity contribution is -0.387. The number of hydrogen-bond acceptors (Lipinski definition) is 3. The summed E-state index contributed by atoms with van der Waals surface area (Å²) < 4.78 is 13.7. The Kier molecular flexibility index (Phi) is 2.43. The summed E-state index contributed by atoms with van der Waals surface area (Å²) in [6.45, 7) is 0.706. The van der Waals surface area contributed by atoms with E-state index in [1.165, 1.54) is 12.1 Å². The Morgan fingerprint density at radius 1 is 1.50 bits per heavy atom. The minimum Gasteiger partial charge on any atom is -0.336 e. The van der Waals surface area contributed by atoms with Gasteiger partial charge in [0.2, 0.25) is 5.82 Å². The lowest BCUT2D eigenvalue weighted by Gasteiger charge is -2.14. The van der Waals surface area contributed by atoms with Gasteiger partial charge < -0.3 is 5.32 Å². The number of urea groups is 1. The van der Waals surface area contributed by atoms with E-state index < -0.39 is 22.5 Å². The van der Waals surface area contributed by atoms with E-state index in [2.05, 4.69) is 5.32 Å². The van der Waals surface area contributed by atoms with Crippen LogP contribution in [0.15, 0.2) is 18.2 Å². The van der Waals surface area contributed by atoms with Gasteiger partial charge in [0.25, 0.3) is 0 Å². The molecule has 1 heterocycles. The molecule has 0 bridgehead atoms. The Morgan fingerprint density at radius 2 is 2.25 bits per heavy atom. The van der Waals surface area contributed by atoms with E-state index in [0.717, 1.165) is 11.0 Å². The summed E-state index contributed by atoms with van der Waals surface area (Å²) in [5.41, 5.74) is -0.693. The smallest absolute Gasteiger partial charge is 0.322 e. The topological polar surface area (TPSA) is 75.5 Å². The summed E-state index contributed by atoms with van der Waals surface area (Å²) in [5.74, 6) is -0.982. The molecule has 2 amide bonds. The standard InChI is InChI=1S/C9H8FN3O3/c10-8-6(12-5-4-11-9(12)14)2-1-3-7(8)13(15)16/h1-3H,4-5H2,(H,11,14). The molecule has 0 aromatic heterocycles. The van der Waals surface area contributed by atoms with Crippen molar-refractivity contribution in [1.29, 1.82) is 0 Å². The number of rotatable bonds is 2. The van der Waals surface area contributed by atoms with Crippen LogP contribution in [0.3, 0.4) is 0 Å². The largest absolute Gasteiger partial charge is 0.336 e. The molecule has 7 heteroatoms. The number of nitro benzene ring substituents is 1. The van der Waals surface area contributed by atoms with Crippen molar-refractivity contribution in [2.45, 2.75) is 0 Å². The Labute approximate surface area is 89.8 Å². The summed E-state index contributed by atoms with van der Waals surface area (Å²) >= 11 is 0. The lowest BCUT2D eigenvalue weighted by Crippen LogP contribution is -2.28. The molecule has 0 atom stereocenters. The van der Waals surface area contributed by atoms with E-state index in [0.29, 0.717) is 13.1 Å². The monoisotopic (exact) mass is 225 g/mol. The Hall–Kier alpha value is -2.18. The maximum absolute atomic E-state index is 13.7. The quantitative estimate of drug-likeness (QED) is 0.608. The van der Waals surface area contributed by atoms with Crippen LogP contribution in [-0.2, 0) is 0 Å². The van der Waals surface area contributed by atoms with Crippen LogP contribution in [0.25, 0.3) is 0 Å². The average molecular weight is 225 g/mol. The van der Waals surface area contributed by atoms with Gasteiger partial charge in [0, 0.05) is 19.2 Å². The fraction of sp³-hybridized carbons (Fsp3) is 0.222. The number of benzene rings is 1. The predicted molar refractivity (Wildman–Crippen MR) is 53.8 cm³/mol. The first-order valence-corrected chi connectivity index (χ1v) is 4.59. The van der Waals surface area contributed by atoms with Gasteiger partial charge in [0.05, 0.1) is 10.6 Å². The number of amides is 2. The van der Waals surface area contributed by atoms with Crippen LogP contribution >= 0.6 is 0 Å². The molecule has 1 fully saturated rings. The fourth-order valence-corrected chi connectivity index (χ4v) is 1.56. The van der Waals surface area contributed by atoms with Crippen molar-refractivity contribution in [2.24, 2.45) is 0 Å². The van der Waals surface area contributed by atoms with Crippen LogP contribution in [0.2, 0.25) is 0 Å². The highest BCUT2D eigenvalue weighted by Gasteiger charge is 2.27. The van der Waals surface area contributed by atoms with Crippen LogP contribution in [-0.4, -0.2) is 24.0 Å². The van der Waals surface area contributed by atoms with E-state index in [9.17, 15) is 19.3 Å². The van der Waals surface area contributed by atoms with Gasteiger partial charge in [-0.1, -0.05) is 6.07 Å². The van der Waals surface area contributed by atoms with E-state index >= 15 is 0 Å². The molecule has 1 aliphatic rings. The van der Waals surface area contributed by atoms with Crippen LogP contribution in [0.4, 0.5) is 20.6 Å². The Morgan fingerprint density at radius 3 is 2.81 bits per heavy atom. The minimum absolute atomic E-state index is 0.0656. The van der Waals surface area contributed by atoms with Crippen molar-refractivity contribution in [3.63, 3.8) is 0 Å². The number of nitrogens with one attached hydrogen (secondary N) is 1. The maximum Gasteiger partial charge on any atom is 0.322 e. The summed E-state index contributed by atoms with van der Waals surface area (Å²) in [7, 11) is 0. The van der Waals surface area contributed by atoms with E-state index in [-0.39, 0.29) is 5.69 Å². The molecular weight excluding hydrogens is 217 g/mol. The summed E-state index contributed by atoms with van der Waals surface area (Å²) in [4.78, 5) is 22.1. The average Bonchev–Trinajstić information content (AvgIpc) is 2.64. The SMILES string of the molecule is O=C1NCCN1c1cccc([N+](=O)[O-])c1F. The molecule has 0 radical (unpaired) electrons. The molecule has 16 heavy (non-hydrogen) atoms. The zero-order chi connectivity index (χ0) is 11.7. The molecule has 0 unspecified atom stereocenters. The summed E-state index contributed by atoms with van der Waals surface area (Å²) in [6, 6.07) is 3.31. The molecule has 84 valence electrons. The highest BCUT2D eigenvalue weighted by molar-refractivity contribution is 5.94. The number of nitro groups is 1. The van der Waals surface area contributed by atoms with Crippen LogP contribution < -0.4 is 10.2 Å². The van der Waals surface area contributed by atoms with Gasteiger partial charge >= 0.3 is 11.7 Å². The van der Waals surface area contributed by atoms with Gasteiger partial charge in [-0.25, -0.2) is 4.79 Å². The first kappa shape index (κ1) is 10.3. The molecule has 0 aliphatic carbocycles. The number of anilines is 1. The highest BCUT2D eigenvalue weighted by atomic mass is 19.1. The van der Waals surface area contributed by atoms with Crippen molar-refractivity contribution >= 4 is 17.4 Å². The van der Waals surface area contributed by atoms with Gasteiger partial charge in [-0.05, 0) is 6.07 Å². The molecule has 6 nitrogen and oxygen atoms in total. The molecule has 1 aromatic rings. The number of carbonyl (C=O) groups excluding carboxylic acids is 1. The van der Waals surface area contributed by atoms with E-state index in [1.807, 2.05) is 0 Å². The highest BCUT2D eigenvalue weighted by Crippen LogP contribution is 2.27. The van der Waals surface area contributed by atoms with Crippen molar-refractivity contribution in [3.05, 3.63) is 34.1 Å². The third-order valence-electron chi connectivity index (χ3n) is 2.30. The van der Waals surface area contributed by atoms with Gasteiger partial charge in [-0.3, -0.25) is 15.0 Å². The van der Waals surface area contributed by atoms with Crippen molar-refractivity contribution < 1.29 is 14.1 Å². The molecule has 1 aliphatic heterocycles. The maximum atomic E-state index is 13.7. The number of halogens is 1. The van der Waals surface area contributed by atoms with Gasteiger partial charge in [0.15, 0.2) is 0 Å². The second-order valence-electron chi connectivity index (χ2n) is 3.25. The molecular formula is C9H8FN3O3. The first-order chi connectivity index (χ1) is 7.61. The van der Waals surface area contributed by atoms with Crippen molar-refractivity contribution in [2.75, 3.05) is 18.0 Å². The van der Waals surface area contributed by atoms with Crippen molar-refractivity contribution in [3.8, 4) is 0 Å². The van der Waals surface area contributed by atoms with Gasteiger partial charge in [-0.15, -0.1) is 0 Å². The molecule has 1 aromatic carbocycles. The van der Waals surface area contributed by atoms with Crippen LogP contribution in [0.1, 0.15) is 0 Å². The molecule has 1 N–H and O–H groups in total.